The summed E-state index contributed by atoms with van der Waals surface area (Å²) in [7, 11) is -4.30. The number of pyridine rings is 1. The van der Waals surface area contributed by atoms with Crippen LogP contribution in [0.3, 0.4) is 0 Å². The largest absolute Gasteiger partial charge is 0.374 e. The number of nitrogens with one attached hydrogen (secondary N) is 1. The second-order valence-electron chi connectivity index (χ2n) is 3.80. The van der Waals surface area contributed by atoms with E-state index in [0.717, 1.165) is 21.8 Å². The lowest BCUT2D eigenvalue weighted by Gasteiger charge is -2.02. The van der Waals surface area contributed by atoms with Gasteiger partial charge in [0, 0.05) is 16.3 Å². The molecule has 3 rings (SSSR count). The number of H-pyrrole nitrogens is 1. The molecular weight excluding hydrogens is 239 g/mol. The Morgan fingerprint density at radius 2 is 1.88 bits per heavy atom. The first kappa shape index (κ1) is 10.5. The van der Waals surface area contributed by atoms with Crippen molar-refractivity contribution < 1.29 is 14.4 Å². The lowest BCUT2D eigenvalue weighted by Crippen LogP contribution is -2.07. The van der Waals surface area contributed by atoms with Crippen molar-refractivity contribution in [3.05, 3.63) is 36.5 Å². The number of rotatable bonds is 1. The van der Waals surface area contributed by atoms with E-state index in [1.54, 1.807) is 0 Å². The van der Waals surface area contributed by atoms with E-state index in [0.29, 0.717) is 0 Å². The molecule has 0 fully saturated rings. The van der Waals surface area contributed by atoms with Crippen molar-refractivity contribution in [2.45, 2.75) is 0 Å². The standard InChI is InChI=1S/C11H9N2O3P/c14-17(15,16)11-5-8-7-3-1-2-4-9(7)13-10(8)6-12-11/h1-6,13H,(H2,14,15,16). The summed E-state index contributed by atoms with van der Waals surface area (Å²) in [5.41, 5.74) is 1.49. The first-order chi connectivity index (χ1) is 8.05. The van der Waals surface area contributed by atoms with Gasteiger partial charge < -0.3 is 14.8 Å². The molecule has 0 atom stereocenters. The highest BCUT2D eigenvalue weighted by Gasteiger charge is 2.19. The predicted octanol–water partition coefficient (Wildman–Crippen LogP) is 1.52. The summed E-state index contributed by atoms with van der Waals surface area (Å²) >= 11 is 0. The third kappa shape index (κ3) is 1.65. The maximum absolute atomic E-state index is 11.2. The van der Waals surface area contributed by atoms with E-state index < -0.39 is 7.60 Å². The normalized spacial score (nSPS) is 12.4. The number of benzene rings is 1. The molecule has 0 amide bonds. The Morgan fingerprint density at radius 1 is 1.12 bits per heavy atom. The summed E-state index contributed by atoms with van der Waals surface area (Å²) in [4.78, 5) is 25.1. The van der Waals surface area contributed by atoms with Crippen molar-refractivity contribution >= 4 is 34.8 Å². The first-order valence-electron chi connectivity index (χ1n) is 4.98. The molecule has 0 saturated heterocycles. The zero-order valence-corrected chi connectivity index (χ0v) is 9.56. The van der Waals surface area contributed by atoms with E-state index in [1.165, 1.54) is 12.3 Å². The molecule has 2 heterocycles. The van der Waals surface area contributed by atoms with Crippen LogP contribution in [-0.2, 0) is 4.57 Å². The molecule has 5 nitrogen and oxygen atoms in total. The van der Waals surface area contributed by atoms with Gasteiger partial charge in [0.05, 0.1) is 11.7 Å². The zero-order chi connectivity index (χ0) is 12.0. The number of hydrogen-bond acceptors (Lipinski definition) is 2. The van der Waals surface area contributed by atoms with Crippen molar-refractivity contribution in [2.75, 3.05) is 0 Å². The number of para-hydroxylation sites is 1. The SMILES string of the molecule is O=P(O)(O)c1cc2c(cn1)[nH]c1ccccc12. The van der Waals surface area contributed by atoms with Crippen LogP contribution in [0.2, 0.25) is 0 Å². The van der Waals surface area contributed by atoms with Crippen molar-refractivity contribution in [1.29, 1.82) is 0 Å². The Morgan fingerprint density at radius 3 is 2.65 bits per heavy atom. The van der Waals surface area contributed by atoms with Crippen molar-refractivity contribution in [3.8, 4) is 0 Å². The first-order valence-corrected chi connectivity index (χ1v) is 6.59. The van der Waals surface area contributed by atoms with Crippen molar-refractivity contribution in [3.63, 3.8) is 0 Å². The van der Waals surface area contributed by atoms with Gasteiger partial charge in [-0.3, -0.25) is 4.57 Å². The van der Waals surface area contributed by atoms with E-state index in [9.17, 15) is 4.57 Å². The third-order valence-corrected chi connectivity index (χ3v) is 3.52. The minimum absolute atomic E-state index is 0.199. The molecule has 0 aliphatic heterocycles. The third-order valence-electron chi connectivity index (χ3n) is 2.67. The lowest BCUT2D eigenvalue weighted by atomic mass is 10.2. The van der Waals surface area contributed by atoms with Gasteiger partial charge in [0.2, 0.25) is 0 Å². The number of fused-ring (bicyclic) bond motifs is 3. The van der Waals surface area contributed by atoms with Gasteiger partial charge in [0.25, 0.3) is 0 Å². The fraction of sp³-hybridized carbons (Fsp3) is 0. The summed E-state index contributed by atoms with van der Waals surface area (Å²) in [6.07, 6.45) is 1.45. The molecule has 86 valence electrons. The monoisotopic (exact) mass is 248 g/mol. The number of aromatic nitrogens is 2. The summed E-state index contributed by atoms with van der Waals surface area (Å²) in [6.45, 7) is 0. The van der Waals surface area contributed by atoms with Gasteiger partial charge in [0.15, 0.2) is 5.44 Å². The van der Waals surface area contributed by atoms with Gasteiger partial charge in [-0.25, -0.2) is 4.98 Å². The minimum atomic E-state index is -4.30. The molecule has 0 bridgehead atoms. The minimum Gasteiger partial charge on any atom is -0.353 e. The molecule has 0 saturated carbocycles. The highest BCUT2D eigenvalue weighted by Crippen LogP contribution is 2.34. The second-order valence-corrected chi connectivity index (χ2v) is 5.35. The van der Waals surface area contributed by atoms with E-state index in [4.69, 9.17) is 9.79 Å². The molecule has 2 aromatic heterocycles. The maximum Gasteiger partial charge on any atom is 0.374 e. The van der Waals surface area contributed by atoms with Crippen LogP contribution in [0.5, 0.6) is 0 Å². The highest BCUT2D eigenvalue weighted by molar-refractivity contribution is 7.60. The van der Waals surface area contributed by atoms with Crippen LogP contribution in [0, 0.1) is 0 Å². The Labute approximate surface area is 96.3 Å². The van der Waals surface area contributed by atoms with E-state index in [2.05, 4.69) is 9.97 Å². The number of hydrogen-bond donors (Lipinski definition) is 3. The molecule has 0 spiro atoms. The molecule has 17 heavy (non-hydrogen) atoms. The van der Waals surface area contributed by atoms with Crippen LogP contribution in [0.25, 0.3) is 21.8 Å². The molecule has 6 heteroatoms. The molecule has 0 unspecified atom stereocenters. The summed E-state index contributed by atoms with van der Waals surface area (Å²) in [5.74, 6) is 0. The molecule has 3 N–H and O–H groups in total. The fourth-order valence-electron chi connectivity index (χ4n) is 1.90. The quantitative estimate of drug-likeness (QED) is 0.570. The maximum atomic E-state index is 11.2. The van der Waals surface area contributed by atoms with Crippen LogP contribution in [0.1, 0.15) is 0 Å². The fourth-order valence-corrected chi connectivity index (χ4v) is 2.40. The molecular formula is C11H9N2O3P. The smallest absolute Gasteiger partial charge is 0.353 e. The summed E-state index contributed by atoms with van der Waals surface area (Å²) in [6, 6.07) is 9.03. The van der Waals surface area contributed by atoms with Gasteiger partial charge in [0.1, 0.15) is 0 Å². The second kappa shape index (κ2) is 3.40. The van der Waals surface area contributed by atoms with Crippen LogP contribution in [0.15, 0.2) is 36.5 Å². The van der Waals surface area contributed by atoms with Gasteiger partial charge >= 0.3 is 7.60 Å². The van der Waals surface area contributed by atoms with Crippen LogP contribution in [-0.4, -0.2) is 19.8 Å². The molecule has 3 aromatic rings. The van der Waals surface area contributed by atoms with Crippen molar-refractivity contribution in [1.82, 2.24) is 9.97 Å². The number of nitrogens with zero attached hydrogens (tertiary/aromatic N) is 1. The van der Waals surface area contributed by atoms with Gasteiger partial charge in [-0.1, -0.05) is 18.2 Å². The average Bonchev–Trinajstić information content (AvgIpc) is 2.65. The van der Waals surface area contributed by atoms with E-state index in [-0.39, 0.29) is 5.44 Å². The topological polar surface area (TPSA) is 86.2 Å². The van der Waals surface area contributed by atoms with E-state index in [1.807, 2.05) is 24.3 Å². The van der Waals surface area contributed by atoms with Gasteiger partial charge in [-0.05, 0) is 12.1 Å². The van der Waals surface area contributed by atoms with Gasteiger partial charge in [-0.2, -0.15) is 0 Å². The Hall–Kier alpha value is -1.68. The summed E-state index contributed by atoms with van der Waals surface area (Å²) < 4.78 is 11.2. The average molecular weight is 248 g/mol. The molecule has 0 aliphatic carbocycles. The van der Waals surface area contributed by atoms with Gasteiger partial charge in [-0.15, -0.1) is 0 Å². The Kier molecular flexibility index (Phi) is 2.10. The van der Waals surface area contributed by atoms with Crippen molar-refractivity contribution in [2.24, 2.45) is 0 Å². The zero-order valence-electron chi connectivity index (χ0n) is 8.66. The van der Waals surface area contributed by atoms with Crippen LogP contribution >= 0.6 is 7.60 Å². The Balaban J connectivity index is 2.42. The predicted molar refractivity (Wildman–Crippen MR) is 65.3 cm³/mol. The molecule has 0 radical (unpaired) electrons. The molecule has 0 aliphatic rings. The van der Waals surface area contributed by atoms with Crippen LogP contribution < -0.4 is 5.44 Å². The lowest BCUT2D eigenvalue weighted by molar-refractivity contribution is 0.386. The van der Waals surface area contributed by atoms with Crippen LogP contribution in [0.4, 0.5) is 0 Å². The van der Waals surface area contributed by atoms with E-state index >= 15 is 0 Å². The summed E-state index contributed by atoms with van der Waals surface area (Å²) in [5, 5.41) is 1.70. The molecule has 1 aromatic carbocycles. The highest BCUT2D eigenvalue weighted by atomic mass is 31.2. The number of aromatic amines is 1. The Bertz CT molecular complexity index is 760.